The molecular formula is C21H17BrN2O2. The van der Waals surface area contributed by atoms with Gasteiger partial charge in [0.15, 0.2) is 0 Å². The monoisotopic (exact) mass is 408 g/mol. The maximum Gasteiger partial charge on any atom is 0.266 e. The normalized spacial score (nSPS) is 10.6. The van der Waals surface area contributed by atoms with Crippen molar-refractivity contribution in [1.29, 1.82) is 5.26 Å². The first-order chi connectivity index (χ1) is 12.4. The Bertz CT molecular complexity index is 929. The summed E-state index contributed by atoms with van der Waals surface area (Å²) in [6.07, 6.45) is 6.71. The molecule has 0 bridgehead atoms. The zero-order chi connectivity index (χ0) is 19.1. The summed E-state index contributed by atoms with van der Waals surface area (Å²) in [5.74, 6) is 2.40. The van der Waals surface area contributed by atoms with Crippen LogP contribution in [0.1, 0.15) is 16.7 Å². The van der Waals surface area contributed by atoms with E-state index in [9.17, 15) is 10.1 Å². The van der Waals surface area contributed by atoms with Gasteiger partial charge in [-0.25, -0.2) is 0 Å². The lowest BCUT2D eigenvalue weighted by Gasteiger charge is -2.09. The van der Waals surface area contributed by atoms with Crippen LogP contribution in [0.2, 0.25) is 0 Å². The van der Waals surface area contributed by atoms with Gasteiger partial charge in [0.1, 0.15) is 24.0 Å². The molecule has 0 aliphatic rings. The van der Waals surface area contributed by atoms with Crippen molar-refractivity contribution >= 4 is 33.6 Å². The van der Waals surface area contributed by atoms with Crippen LogP contribution in [0.25, 0.3) is 6.08 Å². The van der Waals surface area contributed by atoms with Gasteiger partial charge in [-0.2, -0.15) is 5.26 Å². The van der Waals surface area contributed by atoms with Gasteiger partial charge < -0.3 is 10.1 Å². The van der Waals surface area contributed by atoms with Gasteiger partial charge in [0.25, 0.3) is 5.91 Å². The summed E-state index contributed by atoms with van der Waals surface area (Å²) in [5.41, 5.74) is 3.25. The number of hydrogen-bond acceptors (Lipinski definition) is 3. The fourth-order valence-corrected chi connectivity index (χ4v) is 2.81. The van der Waals surface area contributed by atoms with E-state index in [2.05, 4.69) is 27.2 Å². The Labute approximate surface area is 161 Å². The predicted octanol–water partition coefficient (Wildman–Crippen LogP) is 4.62. The molecule has 2 aromatic carbocycles. The number of nitrogens with one attached hydrogen (secondary N) is 1. The van der Waals surface area contributed by atoms with Crippen molar-refractivity contribution in [1.82, 2.24) is 0 Å². The first kappa shape index (κ1) is 19.3. The van der Waals surface area contributed by atoms with Crippen LogP contribution in [0.4, 0.5) is 5.69 Å². The number of rotatable bonds is 5. The minimum Gasteiger partial charge on any atom is -0.480 e. The molecule has 0 aliphatic carbocycles. The lowest BCUT2D eigenvalue weighted by atomic mass is 10.1. The molecule has 0 saturated carbocycles. The second-order valence-corrected chi connectivity index (χ2v) is 6.59. The number of benzene rings is 2. The number of anilines is 1. The van der Waals surface area contributed by atoms with E-state index in [4.69, 9.17) is 11.2 Å². The number of hydrogen-bond donors (Lipinski definition) is 1. The number of halogens is 1. The summed E-state index contributed by atoms with van der Waals surface area (Å²) >= 11 is 3.37. The number of terminal acetylenes is 1. The van der Waals surface area contributed by atoms with E-state index in [0.29, 0.717) is 17.0 Å². The highest BCUT2D eigenvalue weighted by atomic mass is 79.9. The van der Waals surface area contributed by atoms with Crippen molar-refractivity contribution in [3.63, 3.8) is 0 Å². The Morgan fingerprint density at radius 3 is 2.58 bits per heavy atom. The molecule has 0 fully saturated rings. The van der Waals surface area contributed by atoms with Crippen molar-refractivity contribution < 1.29 is 9.53 Å². The molecule has 0 spiro atoms. The van der Waals surface area contributed by atoms with E-state index in [1.165, 1.54) is 6.08 Å². The highest BCUT2D eigenvalue weighted by Gasteiger charge is 2.12. The summed E-state index contributed by atoms with van der Waals surface area (Å²) in [4.78, 5) is 12.5. The highest BCUT2D eigenvalue weighted by molar-refractivity contribution is 9.10. The molecule has 1 amide bonds. The van der Waals surface area contributed by atoms with E-state index >= 15 is 0 Å². The van der Waals surface area contributed by atoms with Gasteiger partial charge in [-0.05, 0) is 61.4 Å². The predicted molar refractivity (Wildman–Crippen MR) is 107 cm³/mol. The number of amides is 1. The minimum absolute atomic E-state index is 0.0344. The number of carbonyl (C=O) groups excluding carboxylic acids is 1. The van der Waals surface area contributed by atoms with Crippen molar-refractivity contribution in [2.75, 3.05) is 11.9 Å². The third-order valence-electron chi connectivity index (χ3n) is 3.43. The number of nitrogens with zero attached hydrogens (tertiary/aromatic N) is 1. The largest absolute Gasteiger partial charge is 0.480 e. The number of ether oxygens (including phenoxy) is 1. The van der Waals surface area contributed by atoms with E-state index in [0.717, 1.165) is 15.6 Å². The van der Waals surface area contributed by atoms with E-state index in [1.807, 2.05) is 38.1 Å². The van der Waals surface area contributed by atoms with Crippen LogP contribution in [0, 0.1) is 37.5 Å². The van der Waals surface area contributed by atoms with Crippen molar-refractivity contribution in [3.05, 3.63) is 63.1 Å². The number of aryl methyl sites for hydroxylation is 2. The fourth-order valence-electron chi connectivity index (χ4n) is 2.43. The molecule has 5 heteroatoms. The van der Waals surface area contributed by atoms with Crippen LogP contribution in [-0.2, 0) is 4.79 Å². The van der Waals surface area contributed by atoms with Gasteiger partial charge in [0.2, 0.25) is 0 Å². The number of carbonyl (C=O) groups is 1. The molecule has 1 N–H and O–H groups in total. The average Bonchev–Trinajstić information content (AvgIpc) is 2.57. The molecule has 0 heterocycles. The van der Waals surface area contributed by atoms with E-state index in [-0.39, 0.29) is 12.2 Å². The highest BCUT2D eigenvalue weighted by Crippen LogP contribution is 2.26. The van der Waals surface area contributed by atoms with E-state index < -0.39 is 5.91 Å². The summed E-state index contributed by atoms with van der Waals surface area (Å²) in [5, 5.41) is 12.2. The molecule has 2 aromatic rings. The zero-order valence-corrected chi connectivity index (χ0v) is 16.1. The second-order valence-electron chi connectivity index (χ2n) is 5.68. The standard InChI is InChI=1S/C21H17BrN2O2/c1-4-7-26-20-6-5-18(22)12-16(20)11-17(13-23)21(25)24-19-9-14(2)8-15(3)10-19/h1,5-6,8-12H,7H2,2-3H3,(H,24,25)/b17-11+. The Morgan fingerprint density at radius 1 is 1.27 bits per heavy atom. The average molecular weight is 409 g/mol. The summed E-state index contributed by atoms with van der Waals surface area (Å²) in [6.45, 7) is 3.99. The van der Waals surface area contributed by atoms with Gasteiger partial charge >= 0.3 is 0 Å². The molecule has 4 nitrogen and oxygen atoms in total. The zero-order valence-electron chi connectivity index (χ0n) is 14.5. The molecule has 0 saturated heterocycles. The molecule has 0 aromatic heterocycles. The lowest BCUT2D eigenvalue weighted by Crippen LogP contribution is -2.13. The van der Waals surface area contributed by atoms with Crippen LogP contribution < -0.4 is 10.1 Å². The van der Waals surface area contributed by atoms with Crippen LogP contribution in [0.3, 0.4) is 0 Å². The Kier molecular flexibility index (Phi) is 6.60. The van der Waals surface area contributed by atoms with Crippen molar-refractivity contribution in [3.8, 4) is 24.2 Å². The maximum absolute atomic E-state index is 12.5. The van der Waals surface area contributed by atoms with Crippen molar-refractivity contribution in [2.24, 2.45) is 0 Å². The quantitative estimate of drug-likeness (QED) is 0.445. The van der Waals surface area contributed by atoms with Gasteiger partial charge in [-0.15, -0.1) is 6.42 Å². The first-order valence-electron chi connectivity index (χ1n) is 7.80. The number of nitriles is 1. The van der Waals surface area contributed by atoms with Gasteiger partial charge in [-0.1, -0.05) is 27.9 Å². The molecule has 0 radical (unpaired) electrons. The minimum atomic E-state index is -0.486. The molecular weight excluding hydrogens is 392 g/mol. The SMILES string of the molecule is C#CCOc1ccc(Br)cc1/C=C(\C#N)C(=O)Nc1cc(C)cc(C)c1. The molecule has 0 aliphatic heterocycles. The summed E-state index contributed by atoms with van der Waals surface area (Å²) in [7, 11) is 0. The topological polar surface area (TPSA) is 62.1 Å². The van der Waals surface area contributed by atoms with Crippen LogP contribution in [-0.4, -0.2) is 12.5 Å². The Morgan fingerprint density at radius 2 is 1.96 bits per heavy atom. The molecule has 26 heavy (non-hydrogen) atoms. The molecule has 130 valence electrons. The summed E-state index contributed by atoms with van der Waals surface area (Å²) < 4.78 is 6.27. The maximum atomic E-state index is 12.5. The van der Waals surface area contributed by atoms with Gasteiger partial charge in [0.05, 0.1) is 0 Å². The van der Waals surface area contributed by atoms with Crippen LogP contribution >= 0.6 is 15.9 Å². The van der Waals surface area contributed by atoms with Gasteiger partial charge in [-0.3, -0.25) is 4.79 Å². The van der Waals surface area contributed by atoms with Gasteiger partial charge in [0, 0.05) is 15.7 Å². The third-order valence-corrected chi connectivity index (χ3v) is 3.92. The fraction of sp³-hybridized carbons (Fsp3) is 0.143. The molecule has 2 rings (SSSR count). The smallest absolute Gasteiger partial charge is 0.266 e. The molecule has 0 atom stereocenters. The molecule has 0 unspecified atom stereocenters. The van der Waals surface area contributed by atoms with E-state index in [1.54, 1.807) is 18.2 Å². The Balaban J connectivity index is 2.32. The summed E-state index contributed by atoms with van der Waals surface area (Å²) in [6, 6.07) is 12.9. The second kappa shape index (κ2) is 8.89. The third kappa shape index (κ3) is 5.24. The lowest BCUT2D eigenvalue weighted by molar-refractivity contribution is -0.112. The first-order valence-corrected chi connectivity index (χ1v) is 8.59. The van der Waals surface area contributed by atoms with Crippen LogP contribution in [0.5, 0.6) is 5.75 Å². The van der Waals surface area contributed by atoms with Crippen LogP contribution in [0.15, 0.2) is 46.4 Å². The van der Waals surface area contributed by atoms with Crippen molar-refractivity contribution in [2.45, 2.75) is 13.8 Å². The Hall–Kier alpha value is -3.02.